The minimum atomic E-state index is -3.65. The molecule has 148 valence electrons. The molecule has 1 saturated heterocycles. The van der Waals surface area contributed by atoms with Crippen molar-refractivity contribution in [3.8, 4) is 0 Å². The van der Waals surface area contributed by atoms with Crippen molar-refractivity contribution in [2.45, 2.75) is 57.8 Å². The van der Waals surface area contributed by atoms with Gasteiger partial charge in [-0.25, -0.2) is 16.8 Å². The molecular formula is C19H31NO4S2. The average Bonchev–Trinajstić information content (AvgIpc) is 2.47. The summed E-state index contributed by atoms with van der Waals surface area (Å²) in [7, 11) is -6.77. The van der Waals surface area contributed by atoms with Crippen LogP contribution in [0, 0.1) is 19.8 Å². The Morgan fingerprint density at radius 1 is 1.12 bits per heavy atom. The first kappa shape index (κ1) is 21.4. The van der Waals surface area contributed by atoms with Crippen LogP contribution in [0.4, 0.5) is 0 Å². The molecule has 0 aliphatic carbocycles. The Balaban J connectivity index is 2.42. The predicted octanol–water partition coefficient (Wildman–Crippen LogP) is 3.05. The number of hydrogen-bond acceptors (Lipinski definition) is 4. The third-order valence-electron chi connectivity index (χ3n) is 5.12. The molecule has 0 spiro atoms. The zero-order valence-electron chi connectivity index (χ0n) is 16.7. The van der Waals surface area contributed by atoms with Crippen molar-refractivity contribution in [2.75, 3.05) is 25.1 Å². The van der Waals surface area contributed by atoms with E-state index in [4.69, 9.17) is 0 Å². The highest BCUT2D eigenvalue weighted by Crippen LogP contribution is 2.32. The highest BCUT2D eigenvalue weighted by Gasteiger charge is 2.33. The van der Waals surface area contributed by atoms with Crippen molar-refractivity contribution in [3.05, 3.63) is 28.8 Å². The second-order valence-electron chi connectivity index (χ2n) is 8.63. The Hall–Kier alpha value is -0.920. The molecule has 0 aromatic heterocycles. The first-order valence-corrected chi connectivity index (χ1v) is 12.5. The highest BCUT2D eigenvalue weighted by molar-refractivity contribution is 7.90. The first-order valence-electron chi connectivity index (χ1n) is 9.01. The lowest BCUT2D eigenvalue weighted by atomic mass is 9.85. The molecule has 1 unspecified atom stereocenters. The third-order valence-corrected chi connectivity index (χ3v) is 8.19. The quantitative estimate of drug-likeness (QED) is 0.777. The molecule has 1 fully saturated rings. The third kappa shape index (κ3) is 4.87. The van der Waals surface area contributed by atoms with Gasteiger partial charge in [-0.3, -0.25) is 0 Å². The summed E-state index contributed by atoms with van der Waals surface area (Å²) in [6, 6.07) is 3.84. The molecule has 1 aromatic rings. The Kier molecular flexibility index (Phi) is 5.96. The maximum atomic E-state index is 13.3. The van der Waals surface area contributed by atoms with Crippen LogP contribution in [0.5, 0.6) is 0 Å². The highest BCUT2D eigenvalue weighted by atomic mass is 32.2. The van der Waals surface area contributed by atoms with Gasteiger partial charge in [0, 0.05) is 19.3 Å². The number of sulfonamides is 1. The largest absolute Gasteiger partial charge is 0.243 e. The number of hydrogen-bond donors (Lipinski definition) is 0. The van der Waals surface area contributed by atoms with E-state index in [9.17, 15) is 16.8 Å². The van der Waals surface area contributed by atoms with Gasteiger partial charge in [-0.05, 0) is 60.8 Å². The zero-order chi connectivity index (χ0) is 19.9. The van der Waals surface area contributed by atoms with Crippen molar-refractivity contribution in [2.24, 2.45) is 5.92 Å². The number of aryl methyl sites for hydroxylation is 1. The van der Waals surface area contributed by atoms with Gasteiger partial charge in [0.25, 0.3) is 0 Å². The average molecular weight is 402 g/mol. The smallest absolute Gasteiger partial charge is 0.229 e. The van der Waals surface area contributed by atoms with E-state index in [1.807, 2.05) is 13.8 Å². The lowest BCUT2D eigenvalue weighted by Gasteiger charge is -2.32. The molecule has 1 heterocycles. The molecule has 26 heavy (non-hydrogen) atoms. The maximum Gasteiger partial charge on any atom is 0.243 e. The lowest BCUT2D eigenvalue weighted by molar-refractivity contribution is 0.282. The van der Waals surface area contributed by atoms with Gasteiger partial charge in [-0.2, -0.15) is 4.31 Å². The van der Waals surface area contributed by atoms with Crippen LogP contribution < -0.4 is 0 Å². The van der Waals surface area contributed by atoms with E-state index < -0.39 is 19.9 Å². The van der Waals surface area contributed by atoms with Gasteiger partial charge in [0.15, 0.2) is 0 Å². The van der Waals surface area contributed by atoms with Gasteiger partial charge in [0.1, 0.15) is 9.84 Å². The van der Waals surface area contributed by atoms with Gasteiger partial charge in [-0.1, -0.05) is 26.8 Å². The molecule has 1 atom stereocenters. The summed E-state index contributed by atoms with van der Waals surface area (Å²) in [5, 5.41) is 0. The summed E-state index contributed by atoms with van der Waals surface area (Å²) in [6.45, 7) is 10.7. The van der Waals surface area contributed by atoms with Crippen molar-refractivity contribution in [1.29, 1.82) is 0 Å². The molecule has 2 rings (SSSR count). The minimum Gasteiger partial charge on any atom is -0.229 e. The molecule has 1 aromatic carbocycles. The van der Waals surface area contributed by atoms with E-state index in [-0.39, 0.29) is 23.6 Å². The van der Waals surface area contributed by atoms with Crippen LogP contribution in [-0.2, 0) is 25.3 Å². The molecule has 1 aliphatic rings. The topological polar surface area (TPSA) is 71.5 Å². The van der Waals surface area contributed by atoms with Crippen LogP contribution in [0.25, 0.3) is 0 Å². The molecule has 5 nitrogen and oxygen atoms in total. The van der Waals surface area contributed by atoms with Crippen LogP contribution in [-0.4, -0.2) is 46.2 Å². The fraction of sp³-hybridized carbons (Fsp3) is 0.684. The molecule has 0 amide bonds. The van der Waals surface area contributed by atoms with Gasteiger partial charge in [0.05, 0.1) is 10.6 Å². The Labute approximate surface area is 158 Å². The molecule has 1 aliphatic heterocycles. The van der Waals surface area contributed by atoms with Gasteiger partial charge in [0.2, 0.25) is 10.0 Å². The van der Waals surface area contributed by atoms with E-state index in [1.165, 1.54) is 10.6 Å². The van der Waals surface area contributed by atoms with Crippen LogP contribution in [0.3, 0.4) is 0 Å². The van der Waals surface area contributed by atoms with Crippen LogP contribution >= 0.6 is 0 Å². The lowest BCUT2D eigenvalue weighted by Crippen LogP contribution is -2.42. The molecule has 0 radical (unpaired) electrons. The zero-order valence-corrected chi connectivity index (χ0v) is 18.3. The maximum absolute atomic E-state index is 13.3. The summed E-state index contributed by atoms with van der Waals surface area (Å²) >= 11 is 0. The summed E-state index contributed by atoms with van der Waals surface area (Å²) < 4.78 is 51.4. The number of rotatable bonds is 4. The van der Waals surface area contributed by atoms with Crippen LogP contribution in [0.15, 0.2) is 17.0 Å². The normalized spacial score (nSPS) is 20.3. The predicted molar refractivity (Wildman–Crippen MR) is 106 cm³/mol. The van der Waals surface area contributed by atoms with E-state index in [0.29, 0.717) is 17.9 Å². The molecule has 0 N–H and O–H groups in total. The van der Waals surface area contributed by atoms with Gasteiger partial charge in [-0.15, -0.1) is 0 Å². The molecule has 7 heteroatoms. The number of piperidine rings is 1. The second kappa shape index (κ2) is 7.24. The Morgan fingerprint density at radius 2 is 1.73 bits per heavy atom. The van der Waals surface area contributed by atoms with E-state index in [2.05, 4.69) is 26.8 Å². The van der Waals surface area contributed by atoms with Gasteiger partial charge < -0.3 is 0 Å². The monoisotopic (exact) mass is 401 g/mol. The fourth-order valence-electron chi connectivity index (χ4n) is 3.48. The summed E-state index contributed by atoms with van der Waals surface area (Å²) in [5.74, 6) is -0.0975. The first-order chi connectivity index (χ1) is 11.7. The second-order valence-corrected chi connectivity index (χ2v) is 12.7. The molecule has 0 saturated carbocycles. The van der Waals surface area contributed by atoms with Crippen molar-refractivity contribution in [1.82, 2.24) is 4.31 Å². The minimum absolute atomic E-state index is 0.0407. The van der Waals surface area contributed by atoms with Gasteiger partial charge >= 0.3 is 0 Å². The summed E-state index contributed by atoms with van der Waals surface area (Å²) in [4.78, 5) is 0.349. The number of nitrogens with zero attached hydrogens (tertiary/aromatic N) is 1. The van der Waals surface area contributed by atoms with Crippen molar-refractivity contribution in [3.63, 3.8) is 0 Å². The summed E-state index contributed by atoms with van der Waals surface area (Å²) in [6.07, 6.45) is 2.65. The Bertz CT molecular complexity index is 881. The number of benzene rings is 1. The molecule has 0 bridgehead atoms. The number of sulfone groups is 1. The van der Waals surface area contributed by atoms with E-state index >= 15 is 0 Å². The van der Waals surface area contributed by atoms with Crippen LogP contribution in [0.1, 0.15) is 50.3 Å². The Morgan fingerprint density at radius 3 is 2.27 bits per heavy atom. The fourth-order valence-corrected chi connectivity index (χ4v) is 6.48. The van der Waals surface area contributed by atoms with E-state index in [1.54, 1.807) is 6.07 Å². The van der Waals surface area contributed by atoms with E-state index in [0.717, 1.165) is 23.1 Å². The SMILES string of the molecule is Cc1cc(C(C)(C)C)cc(S(=O)(=O)N2CCCC(CS(C)(=O)=O)C2)c1C. The van der Waals surface area contributed by atoms with Crippen LogP contribution in [0.2, 0.25) is 0 Å². The summed E-state index contributed by atoms with van der Waals surface area (Å²) in [5.41, 5.74) is 2.57. The standard InChI is InChI=1S/C19H31NO4S2/c1-14-10-17(19(3,4)5)11-18(15(14)2)26(23,24)20-9-7-8-16(12-20)13-25(6,21)22/h10-11,16H,7-9,12-13H2,1-6H3. The van der Waals surface area contributed by atoms with Crippen molar-refractivity contribution >= 4 is 19.9 Å². The van der Waals surface area contributed by atoms with Crippen molar-refractivity contribution < 1.29 is 16.8 Å². The molecular weight excluding hydrogens is 370 g/mol.